The Hall–Kier alpha value is -0.750. The third kappa shape index (κ3) is 3.62. The molecule has 0 spiro atoms. The fraction of sp³-hybridized carbons (Fsp3) is 0.667. The Labute approximate surface area is 117 Å². The summed E-state index contributed by atoms with van der Waals surface area (Å²) in [7, 11) is 0. The molecular formula is C12H20N4S2. The fourth-order valence-electron chi connectivity index (χ4n) is 1.80. The lowest BCUT2D eigenvalue weighted by Gasteiger charge is -2.27. The highest BCUT2D eigenvalue weighted by molar-refractivity contribution is 7.99. The second-order valence-corrected chi connectivity index (χ2v) is 6.64. The monoisotopic (exact) mass is 284 g/mol. The van der Waals surface area contributed by atoms with Crippen LogP contribution < -0.4 is 5.73 Å². The van der Waals surface area contributed by atoms with Gasteiger partial charge >= 0.3 is 0 Å². The topological polar surface area (TPSA) is 54.5 Å². The molecule has 0 aliphatic carbocycles. The second-order valence-electron chi connectivity index (χ2n) is 4.53. The van der Waals surface area contributed by atoms with Crippen LogP contribution in [-0.4, -0.2) is 47.0 Å². The molecule has 1 aromatic heterocycles. The fourth-order valence-corrected chi connectivity index (χ4v) is 3.55. The first kappa shape index (κ1) is 13.7. The molecule has 1 aromatic rings. The Balaban J connectivity index is 1.88. The maximum atomic E-state index is 6.03. The lowest BCUT2D eigenvalue weighted by molar-refractivity contribution is 0.455. The molecule has 1 aliphatic heterocycles. The van der Waals surface area contributed by atoms with Crippen molar-refractivity contribution in [2.75, 3.05) is 31.1 Å². The quantitative estimate of drug-likeness (QED) is 0.680. The first-order valence-corrected chi connectivity index (χ1v) is 8.25. The molecule has 2 rings (SSSR count). The maximum absolute atomic E-state index is 6.03. The van der Waals surface area contributed by atoms with Crippen LogP contribution in [0.4, 0.5) is 0 Å². The summed E-state index contributed by atoms with van der Waals surface area (Å²) >= 11 is 3.69. The van der Waals surface area contributed by atoms with E-state index in [4.69, 9.17) is 5.73 Å². The first-order chi connectivity index (χ1) is 8.66. The highest BCUT2D eigenvalue weighted by atomic mass is 32.2. The zero-order valence-corrected chi connectivity index (χ0v) is 12.6. The predicted octanol–water partition coefficient (Wildman–Crippen LogP) is 1.92. The Morgan fingerprint density at radius 3 is 2.89 bits per heavy atom. The standard InChI is InChI=1S/C12H20N4S2/c1-9(11-15-10(2)8-18-11)7-14-12(13)16-3-5-17-6-4-16/h8-9H,3-7H2,1-2H3,(H2,13,14). The van der Waals surface area contributed by atoms with Gasteiger partial charge in [0.05, 0.1) is 11.6 Å². The van der Waals surface area contributed by atoms with Crippen molar-refractivity contribution in [1.82, 2.24) is 9.88 Å². The molecule has 2 heterocycles. The molecule has 0 bridgehead atoms. The summed E-state index contributed by atoms with van der Waals surface area (Å²) in [6.45, 7) is 6.94. The highest BCUT2D eigenvalue weighted by Gasteiger charge is 2.13. The summed E-state index contributed by atoms with van der Waals surface area (Å²) in [5.41, 5.74) is 7.12. The van der Waals surface area contributed by atoms with Gasteiger partial charge in [0.15, 0.2) is 5.96 Å². The third-order valence-corrected chi connectivity index (χ3v) is 5.06. The van der Waals surface area contributed by atoms with Gasteiger partial charge in [0.1, 0.15) is 0 Å². The minimum atomic E-state index is 0.349. The third-order valence-electron chi connectivity index (χ3n) is 2.92. The second kappa shape index (κ2) is 6.43. The zero-order valence-electron chi connectivity index (χ0n) is 10.9. The zero-order chi connectivity index (χ0) is 13.0. The van der Waals surface area contributed by atoms with E-state index in [1.807, 2.05) is 18.7 Å². The first-order valence-electron chi connectivity index (χ1n) is 6.21. The van der Waals surface area contributed by atoms with E-state index in [0.29, 0.717) is 11.9 Å². The van der Waals surface area contributed by atoms with Gasteiger partial charge in [-0.15, -0.1) is 11.3 Å². The number of guanidine groups is 1. The number of nitrogens with two attached hydrogens (primary N) is 1. The van der Waals surface area contributed by atoms with Crippen LogP contribution in [-0.2, 0) is 0 Å². The summed E-state index contributed by atoms with van der Waals surface area (Å²) in [5.74, 6) is 3.34. The van der Waals surface area contributed by atoms with E-state index in [0.717, 1.165) is 41.8 Å². The van der Waals surface area contributed by atoms with Gasteiger partial charge in [-0.3, -0.25) is 4.99 Å². The van der Waals surface area contributed by atoms with Crippen LogP contribution in [0.5, 0.6) is 0 Å². The Morgan fingerprint density at radius 1 is 1.56 bits per heavy atom. The number of aliphatic imine (C=N–C) groups is 1. The van der Waals surface area contributed by atoms with Gasteiger partial charge < -0.3 is 10.6 Å². The summed E-state index contributed by atoms with van der Waals surface area (Å²) in [6, 6.07) is 0. The molecule has 0 radical (unpaired) electrons. The minimum absolute atomic E-state index is 0.349. The van der Waals surface area contributed by atoms with Gasteiger partial charge in [-0.25, -0.2) is 4.98 Å². The smallest absolute Gasteiger partial charge is 0.191 e. The summed E-state index contributed by atoms with van der Waals surface area (Å²) in [5, 5.41) is 3.24. The molecule has 1 aliphatic rings. The van der Waals surface area contributed by atoms with Crippen molar-refractivity contribution in [3.05, 3.63) is 16.1 Å². The molecule has 0 amide bonds. The average molecular weight is 284 g/mol. The van der Waals surface area contributed by atoms with Gasteiger partial charge in [0.2, 0.25) is 0 Å². The SMILES string of the molecule is Cc1csc(C(C)CN=C(N)N2CCSCC2)n1. The molecule has 1 saturated heterocycles. The molecule has 100 valence electrons. The summed E-state index contributed by atoms with van der Waals surface area (Å²) in [6.07, 6.45) is 0. The van der Waals surface area contributed by atoms with Gasteiger partial charge in [0, 0.05) is 41.6 Å². The van der Waals surface area contributed by atoms with Crippen LogP contribution in [0.15, 0.2) is 10.4 Å². The minimum Gasteiger partial charge on any atom is -0.370 e. The molecule has 0 saturated carbocycles. The number of nitrogens with zero attached hydrogens (tertiary/aromatic N) is 3. The van der Waals surface area contributed by atoms with Crippen molar-refractivity contribution in [1.29, 1.82) is 0 Å². The van der Waals surface area contributed by atoms with Crippen LogP contribution in [0.3, 0.4) is 0 Å². The van der Waals surface area contributed by atoms with Crippen LogP contribution in [0.2, 0.25) is 0 Å². The highest BCUT2D eigenvalue weighted by Crippen LogP contribution is 2.20. The molecule has 2 N–H and O–H groups in total. The molecule has 0 aromatic carbocycles. The number of hydrogen-bond acceptors (Lipinski definition) is 4. The molecule has 1 fully saturated rings. The molecule has 6 heteroatoms. The Kier molecular flexibility index (Phi) is 4.88. The maximum Gasteiger partial charge on any atom is 0.191 e. The number of hydrogen-bond donors (Lipinski definition) is 1. The lowest BCUT2D eigenvalue weighted by atomic mass is 10.2. The Bertz CT molecular complexity index is 410. The van der Waals surface area contributed by atoms with E-state index in [2.05, 4.69) is 27.2 Å². The average Bonchev–Trinajstić information content (AvgIpc) is 2.83. The number of thioether (sulfide) groups is 1. The number of rotatable bonds is 3. The number of aryl methyl sites for hydroxylation is 1. The number of aromatic nitrogens is 1. The normalized spacial score (nSPS) is 19.0. The van der Waals surface area contributed by atoms with Gasteiger partial charge in [0.25, 0.3) is 0 Å². The summed E-state index contributed by atoms with van der Waals surface area (Å²) in [4.78, 5) is 11.2. The van der Waals surface area contributed by atoms with Crippen molar-refractivity contribution in [3.63, 3.8) is 0 Å². The van der Waals surface area contributed by atoms with Gasteiger partial charge in [-0.1, -0.05) is 6.92 Å². The molecule has 1 atom stereocenters. The van der Waals surface area contributed by atoms with Crippen molar-refractivity contribution >= 4 is 29.1 Å². The van der Waals surface area contributed by atoms with Crippen LogP contribution in [0, 0.1) is 6.92 Å². The molecular weight excluding hydrogens is 264 g/mol. The van der Waals surface area contributed by atoms with E-state index >= 15 is 0 Å². The van der Waals surface area contributed by atoms with E-state index in [9.17, 15) is 0 Å². The van der Waals surface area contributed by atoms with Crippen molar-refractivity contribution in [3.8, 4) is 0 Å². The van der Waals surface area contributed by atoms with E-state index in [-0.39, 0.29) is 0 Å². The van der Waals surface area contributed by atoms with Gasteiger partial charge in [-0.05, 0) is 6.92 Å². The van der Waals surface area contributed by atoms with Crippen LogP contribution in [0.25, 0.3) is 0 Å². The predicted molar refractivity (Wildman–Crippen MR) is 80.7 cm³/mol. The van der Waals surface area contributed by atoms with E-state index in [1.54, 1.807) is 11.3 Å². The van der Waals surface area contributed by atoms with Gasteiger partial charge in [-0.2, -0.15) is 11.8 Å². The molecule has 1 unspecified atom stereocenters. The van der Waals surface area contributed by atoms with E-state index < -0.39 is 0 Å². The lowest BCUT2D eigenvalue weighted by Crippen LogP contribution is -2.42. The van der Waals surface area contributed by atoms with Crippen LogP contribution >= 0.6 is 23.1 Å². The molecule has 18 heavy (non-hydrogen) atoms. The molecule has 4 nitrogen and oxygen atoms in total. The Morgan fingerprint density at radius 2 is 2.28 bits per heavy atom. The van der Waals surface area contributed by atoms with Crippen molar-refractivity contribution in [2.24, 2.45) is 10.7 Å². The number of thiazole rings is 1. The summed E-state index contributed by atoms with van der Waals surface area (Å²) < 4.78 is 0. The largest absolute Gasteiger partial charge is 0.370 e. The van der Waals surface area contributed by atoms with E-state index in [1.165, 1.54) is 0 Å². The van der Waals surface area contributed by atoms with Crippen molar-refractivity contribution < 1.29 is 0 Å². The van der Waals surface area contributed by atoms with Crippen LogP contribution in [0.1, 0.15) is 23.5 Å². The van der Waals surface area contributed by atoms with Crippen molar-refractivity contribution in [2.45, 2.75) is 19.8 Å².